The minimum atomic E-state index is -4.45. The quantitative estimate of drug-likeness (QED) is 0.621. The van der Waals surface area contributed by atoms with Gasteiger partial charge in [-0.3, -0.25) is 14.9 Å². The molecule has 1 aromatic carbocycles. The van der Waals surface area contributed by atoms with E-state index in [1.54, 1.807) is 12.4 Å². The van der Waals surface area contributed by atoms with E-state index in [1.165, 1.54) is 30.7 Å². The zero-order valence-electron chi connectivity index (χ0n) is 16.9. The topological polar surface area (TPSA) is 45.2 Å². The summed E-state index contributed by atoms with van der Waals surface area (Å²) in [4.78, 5) is 17.2. The third-order valence-electron chi connectivity index (χ3n) is 6.22. The fraction of sp³-hybridized carbons (Fsp3) is 0.348. The molecule has 3 aromatic rings. The summed E-state index contributed by atoms with van der Waals surface area (Å²) in [6.07, 6.45) is 2.38. The number of halogens is 3. The number of hydrogen-bond acceptors (Lipinski definition) is 5. The fourth-order valence-corrected chi connectivity index (χ4v) is 4.38. The van der Waals surface area contributed by atoms with Crippen LogP contribution in [0.3, 0.4) is 0 Å². The van der Waals surface area contributed by atoms with Gasteiger partial charge >= 0.3 is 6.18 Å². The SMILES string of the molecule is FC(F)(F)c1ccc(-c2cncc(N3CCN(C4(c5ccccc5)CC4)CC3)n2)cn1. The molecule has 0 N–H and O–H groups in total. The Balaban J connectivity index is 1.28. The van der Waals surface area contributed by atoms with Crippen LogP contribution in [-0.4, -0.2) is 46.0 Å². The maximum atomic E-state index is 12.8. The van der Waals surface area contributed by atoms with Gasteiger partial charge in [0, 0.05) is 43.5 Å². The fourth-order valence-electron chi connectivity index (χ4n) is 4.38. The standard InChI is InChI=1S/C23H22F3N5/c24-23(25,26)20-7-6-17(14-28-20)19-15-27-16-21(29-19)30-10-12-31(13-11-30)22(8-9-22)18-4-2-1-3-5-18/h1-7,14-16H,8-13H2. The Morgan fingerprint density at radius 2 is 1.58 bits per heavy atom. The molecule has 1 aliphatic carbocycles. The molecule has 8 heteroatoms. The third-order valence-corrected chi connectivity index (χ3v) is 6.22. The van der Waals surface area contributed by atoms with E-state index in [4.69, 9.17) is 0 Å². The molecule has 1 aliphatic heterocycles. The lowest BCUT2D eigenvalue weighted by molar-refractivity contribution is -0.141. The van der Waals surface area contributed by atoms with Gasteiger partial charge in [0.1, 0.15) is 11.5 Å². The molecule has 31 heavy (non-hydrogen) atoms. The molecule has 0 radical (unpaired) electrons. The second-order valence-electron chi connectivity index (χ2n) is 8.06. The van der Waals surface area contributed by atoms with Gasteiger partial charge in [-0.1, -0.05) is 30.3 Å². The lowest BCUT2D eigenvalue weighted by Gasteiger charge is -2.40. The zero-order chi connectivity index (χ0) is 21.5. The Hall–Kier alpha value is -3.00. The highest BCUT2D eigenvalue weighted by Gasteiger charge is 2.49. The van der Waals surface area contributed by atoms with Crippen LogP contribution in [0.15, 0.2) is 61.1 Å². The van der Waals surface area contributed by atoms with E-state index >= 15 is 0 Å². The van der Waals surface area contributed by atoms with Gasteiger partial charge in [0.2, 0.25) is 0 Å². The highest BCUT2D eigenvalue weighted by Crippen LogP contribution is 2.51. The molecule has 160 valence electrons. The Morgan fingerprint density at radius 3 is 2.19 bits per heavy atom. The predicted octanol–water partition coefficient (Wildman–Crippen LogP) is 4.37. The van der Waals surface area contributed by atoms with Crippen molar-refractivity contribution in [2.45, 2.75) is 24.6 Å². The van der Waals surface area contributed by atoms with Crippen LogP contribution in [0.1, 0.15) is 24.1 Å². The van der Waals surface area contributed by atoms with Crippen LogP contribution in [-0.2, 0) is 11.7 Å². The maximum absolute atomic E-state index is 12.8. The highest BCUT2D eigenvalue weighted by molar-refractivity contribution is 5.59. The van der Waals surface area contributed by atoms with Gasteiger partial charge in [-0.25, -0.2) is 4.98 Å². The van der Waals surface area contributed by atoms with Crippen molar-refractivity contribution < 1.29 is 13.2 Å². The highest BCUT2D eigenvalue weighted by atomic mass is 19.4. The Labute approximate surface area is 178 Å². The molecule has 0 spiro atoms. The number of piperazine rings is 1. The van der Waals surface area contributed by atoms with E-state index in [2.05, 4.69) is 55.1 Å². The molecular weight excluding hydrogens is 403 g/mol. The first kappa shape index (κ1) is 19.9. The average Bonchev–Trinajstić information content (AvgIpc) is 3.62. The minimum Gasteiger partial charge on any atom is -0.353 e. The van der Waals surface area contributed by atoms with Crippen LogP contribution < -0.4 is 4.90 Å². The molecule has 0 atom stereocenters. The number of alkyl halides is 3. The summed E-state index contributed by atoms with van der Waals surface area (Å²) < 4.78 is 38.3. The lowest BCUT2D eigenvalue weighted by Crippen LogP contribution is -2.50. The number of anilines is 1. The lowest BCUT2D eigenvalue weighted by atomic mass is 10.0. The number of aromatic nitrogens is 3. The first-order chi connectivity index (χ1) is 15.0. The van der Waals surface area contributed by atoms with Crippen LogP contribution in [0.4, 0.5) is 19.0 Å². The predicted molar refractivity (Wildman–Crippen MR) is 111 cm³/mol. The summed E-state index contributed by atoms with van der Waals surface area (Å²) in [6, 6.07) is 13.0. The number of benzene rings is 1. The molecule has 1 saturated heterocycles. The first-order valence-electron chi connectivity index (χ1n) is 10.4. The summed E-state index contributed by atoms with van der Waals surface area (Å²) >= 11 is 0. The number of nitrogens with zero attached hydrogens (tertiary/aromatic N) is 5. The average molecular weight is 425 g/mol. The molecule has 2 aromatic heterocycles. The van der Waals surface area contributed by atoms with Crippen molar-refractivity contribution in [2.24, 2.45) is 0 Å². The molecule has 2 aliphatic rings. The van der Waals surface area contributed by atoms with E-state index in [9.17, 15) is 13.2 Å². The van der Waals surface area contributed by atoms with Crippen molar-refractivity contribution >= 4 is 5.82 Å². The molecule has 1 saturated carbocycles. The molecule has 0 unspecified atom stereocenters. The van der Waals surface area contributed by atoms with Crippen LogP contribution in [0.25, 0.3) is 11.3 Å². The summed E-state index contributed by atoms with van der Waals surface area (Å²) in [7, 11) is 0. The van der Waals surface area contributed by atoms with Crippen LogP contribution in [0.5, 0.6) is 0 Å². The van der Waals surface area contributed by atoms with Gasteiger partial charge in [0.15, 0.2) is 0 Å². The smallest absolute Gasteiger partial charge is 0.353 e. The van der Waals surface area contributed by atoms with E-state index in [1.807, 2.05) is 0 Å². The monoisotopic (exact) mass is 425 g/mol. The largest absolute Gasteiger partial charge is 0.433 e. The molecule has 3 heterocycles. The summed E-state index contributed by atoms with van der Waals surface area (Å²) in [5, 5.41) is 0. The number of pyridine rings is 1. The molecule has 2 fully saturated rings. The zero-order valence-corrected chi connectivity index (χ0v) is 16.9. The Kier molecular flexibility index (Phi) is 4.89. The molecule has 0 bridgehead atoms. The Morgan fingerprint density at radius 1 is 0.839 bits per heavy atom. The van der Waals surface area contributed by atoms with Crippen molar-refractivity contribution in [3.8, 4) is 11.3 Å². The van der Waals surface area contributed by atoms with E-state index in [0.29, 0.717) is 11.3 Å². The third kappa shape index (κ3) is 3.87. The van der Waals surface area contributed by atoms with Gasteiger partial charge in [-0.15, -0.1) is 0 Å². The van der Waals surface area contributed by atoms with Crippen molar-refractivity contribution in [3.05, 3.63) is 72.3 Å². The Bertz CT molecular complexity index is 1040. The van der Waals surface area contributed by atoms with Crippen molar-refractivity contribution in [3.63, 3.8) is 0 Å². The molecule has 5 nitrogen and oxygen atoms in total. The first-order valence-corrected chi connectivity index (χ1v) is 10.4. The summed E-state index contributed by atoms with van der Waals surface area (Å²) in [6.45, 7) is 3.53. The normalized spacial score (nSPS) is 18.7. The van der Waals surface area contributed by atoms with Crippen molar-refractivity contribution in [2.75, 3.05) is 31.1 Å². The van der Waals surface area contributed by atoms with Gasteiger partial charge in [0.05, 0.1) is 18.1 Å². The second kappa shape index (κ2) is 7.60. The van der Waals surface area contributed by atoms with Crippen LogP contribution in [0.2, 0.25) is 0 Å². The second-order valence-corrected chi connectivity index (χ2v) is 8.06. The molecule has 0 amide bonds. The van der Waals surface area contributed by atoms with Crippen molar-refractivity contribution in [1.29, 1.82) is 0 Å². The van der Waals surface area contributed by atoms with Crippen molar-refractivity contribution in [1.82, 2.24) is 19.9 Å². The van der Waals surface area contributed by atoms with Gasteiger partial charge in [0.25, 0.3) is 0 Å². The van der Waals surface area contributed by atoms with E-state index < -0.39 is 11.9 Å². The van der Waals surface area contributed by atoms with E-state index in [0.717, 1.165) is 38.1 Å². The number of rotatable bonds is 4. The van der Waals surface area contributed by atoms with E-state index in [-0.39, 0.29) is 5.54 Å². The van der Waals surface area contributed by atoms with Gasteiger partial charge in [-0.05, 0) is 30.5 Å². The maximum Gasteiger partial charge on any atom is 0.433 e. The number of hydrogen-bond donors (Lipinski definition) is 0. The molecule has 5 rings (SSSR count). The molecular formula is C23H22F3N5. The minimum absolute atomic E-state index is 0.173. The van der Waals surface area contributed by atoms with Gasteiger partial charge < -0.3 is 4.90 Å². The summed E-state index contributed by atoms with van der Waals surface area (Å²) in [5.41, 5.74) is 1.68. The van der Waals surface area contributed by atoms with Crippen LogP contribution >= 0.6 is 0 Å². The summed E-state index contributed by atoms with van der Waals surface area (Å²) in [5.74, 6) is 0.738. The van der Waals surface area contributed by atoms with Gasteiger partial charge in [-0.2, -0.15) is 13.2 Å². The van der Waals surface area contributed by atoms with Crippen LogP contribution in [0, 0.1) is 0 Å².